The summed E-state index contributed by atoms with van der Waals surface area (Å²) in [6, 6.07) is 17.9. The van der Waals surface area contributed by atoms with E-state index in [2.05, 4.69) is 0 Å². The molecule has 3 aromatic carbocycles. The number of phenolic OH excluding ortho intramolecular Hbond substituents is 3. The summed E-state index contributed by atoms with van der Waals surface area (Å²) in [5.41, 5.74) is 8.05. The molecule has 0 saturated carbocycles. The second-order valence-corrected chi connectivity index (χ2v) is 9.06. The van der Waals surface area contributed by atoms with Gasteiger partial charge in [0.05, 0.1) is 13.2 Å². The number of phenols is 3. The Labute approximate surface area is 216 Å². The van der Waals surface area contributed by atoms with Crippen LogP contribution in [0.15, 0.2) is 60.7 Å². The van der Waals surface area contributed by atoms with E-state index >= 15 is 0 Å². The number of rotatable bonds is 14. The van der Waals surface area contributed by atoms with Crippen LogP contribution in [0.3, 0.4) is 0 Å². The highest BCUT2D eigenvalue weighted by Crippen LogP contribution is 2.40. The van der Waals surface area contributed by atoms with Crippen LogP contribution >= 0.6 is 0 Å². The summed E-state index contributed by atoms with van der Waals surface area (Å²) in [5, 5.41) is 40.8. The number of carbonyl (C=O) groups is 1. The van der Waals surface area contributed by atoms with Gasteiger partial charge in [0.15, 0.2) is 23.0 Å². The first-order valence-corrected chi connectivity index (χ1v) is 12.3. The smallest absolute Gasteiger partial charge is 0.200 e. The van der Waals surface area contributed by atoms with E-state index in [1.165, 1.54) is 19.2 Å². The molecule has 0 heterocycles. The summed E-state index contributed by atoms with van der Waals surface area (Å²) in [4.78, 5) is 12.6. The maximum Gasteiger partial charge on any atom is 0.200 e. The van der Waals surface area contributed by atoms with Crippen LogP contribution in [0.4, 0.5) is 0 Å². The van der Waals surface area contributed by atoms with Gasteiger partial charge in [-0.25, -0.2) is 0 Å². The van der Waals surface area contributed by atoms with E-state index in [1.807, 2.05) is 30.3 Å². The summed E-state index contributed by atoms with van der Waals surface area (Å²) in [6.07, 6.45) is 1.49. The average Bonchev–Trinajstić information content (AvgIpc) is 2.89. The molecule has 2 unspecified atom stereocenters. The number of hydrogen-bond acceptors (Lipinski definition) is 8. The second kappa shape index (κ2) is 13.5. The van der Waals surface area contributed by atoms with Crippen molar-refractivity contribution in [3.8, 4) is 28.7 Å². The van der Waals surface area contributed by atoms with Crippen molar-refractivity contribution in [1.29, 1.82) is 0 Å². The molecule has 0 aromatic heterocycles. The molecule has 0 aliphatic heterocycles. The third-order valence-electron chi connectivity index (χ3n) is 6.37. The van der Waals surface area contributed by atoms with Gasteiger partial charge in [-0.15, -0.1) is 0 Å². The number of ether oxygens (including phenoxy) is 2. The van der Waals surface area contributed by atoms with E-state index in [0.29, 0.717) is 24.8 Å². The fourth-order valence-corrected chi connectivity index (χ4v) is 4.39. The topological polar surface area (TPSA) is 142 Å². The molecule has 0 bridgehead atoms. The maximum absolute atomic E-state index is 12.6. The van der Waals surface area contributed by atoms with E-state index in [1.54, 1.807) is 18.2 Å². The van der Waals surface area contributed by atoms with Crippen LogP contribution < -0.4 is 15.2 Å². The molecule has 0 aliphatic rings. The molecule has 3 rings (SSSR count). The third-order valence-corrected chi connectivity index (χ3v) is 6.37. The number of benzene rings is 3. The maximum atomic E-state index is 12.6. The van der Waals surface area contributed by atoms with Gasteiger partial charge in [-0.1, -0.05) is 36.4 Å². The number of nitrogens with two attached hydrogens (primary N) is 1. The van der Waals surface area contributed by atoms with E-state index in [9.17, 15) is 25.2 Å². The quantitative estimate of drug-likeness (QED) is 0.161. The SMILES string of the molecule is COc1cc(C(CCc2ccccc2)CC(O)CC(=O)CCc2ccc(O)c(OCN)c2)cc(O)c1O. The fraction of sp³-hybridized carbons (Fsp3) is 0.345. The van der Waals surface area contributed by atoms with E-state index in [-0.39, 0.29) is 60.0 Å². The Morgan fingerprint density at radius 1 is 0.919 bits per heavy atom. The molecular weight excluding hydrogens is 474 g/mol. The molecule has 0 spiro atoms. The Kier molecular flexibility index (Phi) is 10.2. The lowest BCUT2D eigenvalue weighted by molar-refractivity contribution is -0.121. The summed E-state index contributed by atoms with van der Waals surface area (Å²) < 4.78 is 10.4. The normalized spacial score (nSPS) is 12.6. The molecule has 2 atom stereocenters. The predicted molar refractivity (Wildman–Crippen MR) is 140 cm³/mol. The Hall–Kier alpha value is -3.75. The monoisotopic (exact) mass is 509 g/mol. The molecule has 3 aromatic rings. The Morgan fingerprint density at radius 2 is 1.68 bits per heavy atom. The van der Waals surface area contributed by atoms with Crippen LogP contribution in [0.25, 0.3) is 0 Å². The number of Topliss-reactive ketones (excluding diaryl/α,β-unsaturated/α-hetero) is 1. The van der Waals surface area contributed by atoms with E-state index in [0.717, 1.165) is 17.5 Å². The Morgan fingerprint density at radius 3 is 2.38 bits per heavy atom. The van der Waals surface area contributed by atoms with Crippen LogP contribution in [0, 0.1) is 0 Å². The van der Waals surface area contributed by atoms with Crippen molar-refractivity contribution in [3.05, 3.63) is 77.4 Å². The largest absolute Gasteiger partial charge is 0.504 e. The van der Waals surface area contributed by atoms with Crippen molar-refractivity contribution in [2.45, 2.75) is 50.5 Å². The first-order valence-electron chi connectivity index (χ1n) is 12.3. The lowest BCUT2D eigenvalue weighted by Gasteiger charge is -2.22. The summed E-state index contributed by atoms with van der Waals surface area (Å²) in [7, 11) is 1.41. The van der Waals surface area contributed by atoms with Crippen LogP contribution in [-0.2, 0) is 17.6 Å². The highest BCUT2D eigenvalue weighted by molar-refractivity contribution is 5.79. The van der Waals surface area contributed by atoms with Crippen LogP contribution in [0.2, 0.25) is 0 Å². The number of aliphatic hydroxyl groups is 1. The molecule has 0 saturated heterocycles. The highest BCUT2D eigenvalue weighted by atomic mass is 16.5. The van der Waals surface area contributed by atoms with Crippen molar-refractivity contribution in [3.63, 3.8) is 0 Å². The van der Waals surface area contributed by atoms with Crippen LogP contribution in [-0.4, -0.2) is 46.2 Å². The van der Waals surface area contributed by atoms with Gasteiger partial charge in [0.25, 0.3) is 0 Å². The predicted octanol–water partition coefficient (Wildman–Crippen LogP) is 4.17. The number of hydrogen-bond donors (Lipinski definition) is 5. The molecule has 0 fully saturated rings. The number of carbonyl (C=O) groups excluding carboxylic acids is 1. The Balaban J connectivity index is 1.65. The summed E-state index contributed by atoms with van der Waals surface area (Å²) in [6.45, 7) is -0.0712. The molecular formula is C29H35NO7. The van der Waals surface area contributed by atoms with Gasteiger partial charge in [-0.05, 0) is 72.6 Å². The number of methoxy groups -OCH3 is 1. The minimum Gasteiger partial charge on any atom is -0.504 e. The zero-order chi connectivity index (χ0) is 26.8. The van der Waals surface area contributed by atoms with Gasteiger partial charge >= 0.3 is 0 Å². The minimum atomic E-state index is -0.883. The first kappa shape index (κ1) is 27.8. The number of aryl methyl sites for hydroxylation is 2. The lowest BCUT2D eigenvalue weighted by atomic mass is 9.86. The first-order chi connectivity index (χ1) is 17.8. The number of aromatic hydroxyl groups is 3. The molecule has 0 aliphatic carbocycles. The van der Waals surface area contributed by atoms with Gasteiger partial charge in [-0.2, -0.15) is 0 Å². The minimum absolute atomic E-state index is 0.00667. The van der Waals surface area contributed by atoms with E-state index < -0.39 is 6.10 Å². The van der Waals surface area contributed by atoms with Gasteiger partial charge in [0.2, 0.25) is 5.75 Å². The van der Waals surface area contributed by atoms with Crippen molar-refractivity contribution in [1.82, 2.24) is 0 Å². The van der Waals surface area contributed by atoms with Crippen LogP contribution in [0.5, 0.6) is 28.7 Å². The molecule has 6 N–H and O–H groups in total. The van der Waals surface area contributed by atoms with Gasteiger partial charge in [-0.3, -0.25) is 10.5 Å². The van der Waals surface area contributed by atoms with E-state index in [4.69, 9.17) is 15.2 Å². The fourth-order valence-electron chi connectivity index (χ4n) is 4.39. The second-order valence-electron chi connectivity index (χ2n) is 9.06. The molecule has 37 heavy (non-hydrogen) atoms. The number of aliphatic hydroxyl groups excluding tert-OH is 1. The van der Waals surface area contributed by atoms with Crippen molar-refractivity contribution in [2.24, 2.45) is 5.73 Å². The highest BCUT2D eigenvalue weighted by Gasteiger charge is 2.22. The average molecular weight is 510 g/mol. The zero-order valence-corrected chi connectivity index (χ0v) is 21.0. The summed E-state index contributed by atoms with van der Waals surface area (Å²) in [5.74, 6) is -0.506. The Bertz CT molecular complexity index is 1170. The molecule has 0 radical (unpaired) electrons. The standard InChI is InChI=1S/C29H35NO7/c1-36-28-16-22(15-26(34)29(28)35)21(10-7-19-5-3-2-4-6-19)14-24(32)17-23(31)11-8-20-9-12-25(33)27(13-20)37-18-30/h2-6,9,12-13,15-16,21,24,32-35H,7-8,10-11,14,17-18,30H2,1H3. The molecule has 8 heteroatoms. The molecule has 198 valence electrons. The van der Waals surface area contributed by atoms with Gasteiger partial charge < -0.3 is 29.9 Å². The zero-order valence-electron chi connectivity index (χ0n) is 21.0. The van der Waals surface area contributed by atoms with Crippen LogP contribution in [0.1, 0.15) is 48.3 Å². The number of ketones is 1. The lowest BCUT2D eigenvalue weighted by Crippen LogP contribution is -2.18. The third kappa shape index (κ3) is 8.13. The van der Waals surface area contributed by atoms with Gasteiger partial charge in [0.1, 0.15) is 12.5 Å². The van der Waals surface area contributed by atoms with Crippen molar-refractivity contribution < 1.29 is 34.7 Å². The van der Waals surface area contributed by atoms with Crippen molar-refractivity contribution >= 4 is 5.78 Å². The van der Waals surface area contributed by atoms with Gasteiger partial charge in [0, 0.05) is 12.8 Å². The van der Waals surface area contributed by atoms with Crippen molar-refractivity contribution in [2.75, 3.05) is 13.8 Å². The summed E-state index contributed by atoms with van der Waals surface area (Å²) >= 11 is 0. The molecule has 8 nitrogen and oxygen atoms in total. The molecule has 0 amide bonds.